The first kappa shape index (κ1) is 8.76. The second-order valence-corrected chi connectivity index (χ2v) is 4.49. The standard InChI is InChI=1S/C10H14N4O/c11-8-4-12-13-9(8)10(15)14-5-6-1-2-7(14)3-6/h4,6-7H,1-3,5,11H2,(H,12,13). The van der Waals surface area contributed by atoms with Gasteiger partial charge in [0.2, 0.25) is 0 Å². The van der Waals surface area contributed by atoms with Crippen LogP contribution in [0.5, 0.6) is 0 Å². The highest BCUT2D eigenvalue weighted by atomic mass is 16.2. The van der Waals surface area contributed by atoms with E-state index in [1.165, 1.54) is 19.0 Å². The minimum atomic E-state index is 0.0113. The van der Waals surface area contributed by atoms with E-state index in [2.05, 4.69) is 10.2 Å². The molecule has 0 radical (unpaired) electrons. The number of hydrogen-bond acceptors (Lipinski definition) is 3. The number of fused-ring (bicyclic) bond motifs is 2. The lowest BCUT2D eigenvalue weighted by atomic mass is 10.1. The Morgan fingerprint density at radius 2 is 2.47 bits per heavy atom. The van der Waals surface area contributed by atoms with Gasteiger partial charge in [0.1, 0.15) is 5.69 Å². The number of amides is 1. The number of aromatic nitrogens is 2. The number of H-pyrrole nitrogens is 1. The third-order valence-corrected chi connectivity index (χ3v) is 3.55. The molecule has 2 unspecified atom stereocenters. The fourth-order valence-electron chi connectivity index (χ4n) is 2.78. The Morgan fingerprint density at radius 1 is 1.60 bits per heavy atom. The van der Waals surface area contributed by atoms with Crippen LogP contribution in [0.4, 0.5) is 5.69 Å². The lowest BCUT2D eigenvalue weighted by Crippen LogP contribution is -2.38. The lowest BCUT2D eigenvalue weighted by molar-refractivity contribution is 0.0698. The molecule has 80 valence electrons. The first-order valence-electron chi connectivity index (χ1n) is 5.35. The van der Waals surface area contributed by atoms with Crippen molar-refractivity contribution in [3.8, 4) is 0 Å². The maximum Gasteiger partial charge on any atom is 0.274 e. The highest BCUT2D eigenvalue weighted by Crippen LogP contribution is 2.38. The molecule has 1 saturated heterocycles. The normalized spacial score (nSPS) is 28.7. The number of nitrogens with zero attached hydrogens (tertiary/aromatic N) is 2. The molecule has 1 aliphatic heterocycles. The number of carbonyl (C=O) groups is 1. The van der Waals surface area contributed by atoms with Crippen LogP contribution in [0.25, 0.3) is 0 Å². The Hall–Kier alpha value is -1.52. The van der Waals surface area contributed by atoms with Gasteiger partial charge >= 0.3 is 0 Å². The number of nitrogens with one attached hydrogen (secondary N) is 1. The summed E-state index contributed by atoms with van der Waals surface area (Å²) in [5.74, 6) is 0.722. The van der Waals surface area contributed by atoms with Gasteiger partial charge in [-0.05, 0) is 25.2 Å². The lowest BCUT2D eigenvalue weighted by Gasteiger charge is -2.26. The van der Waals surface area contributed by atoms with Crippen LogP contribution in [0.2, 0.25) is 0 Å². The highest BCUT2D eigenvalue weighted by Gasteiger charge is 2.41. The third-order valence-electron chi connectivity index (χ3n) is 3.55. The summed E-state index contributed by atoms with van der Waals surface area (Å²) in [7, 11) is 0. The summed E-state index contributed by atoms with van der Waals surface area (Å²) in [6.45, 7) is 0.891. The van der Waals surface area contributed by atoms with Crippen molar-refractivity contribution in [1.82, 2.24) is 15.1 Å². The molecule has 1 aliphatic carbocycles. The van der Waals surface area contributed by atoms with Crippen molar-refractivity contribution in [2.75, 3.05) is 12.3 Å². The topological polar surface area (TPSA) is 75.0 Å². The zero-order chi connectivity index (χ0) is 10.4. The van der Waals surface area contributed by atoms with Crippen LogP contribution in [-0.4, -0.2) is 33.6 Å². The average Bonchev–Trinajstić information content (AvgIpc) is 2.91. The van der Waals surface area contributed by atoms with Crippen molar-refractivity contribution < 1.29 is 4.79 Å². The highest BCUT2D eigenvalue weighted by molar-refractivity contribution is 5.97. The Kier molecular flexibility index (Phi) is 1.74. The predicted molar refractivity (Wildman–Crippen MR) is 55.2 cm³/mol. The maximum absolute atomic E-state index is 12.1. The number of likely N-dealkylation sites (tertiary alicyclic amines) is 1. The van der Waals surface area contributed by atoms with E-state index in [4.69, 9.17) is 5.73 Å². The molecule has 2 bridgehead atoms. The van der Waals surface area contributed by atoms with Gasteiger partial charge in [0.15, 0.2) is 0 Å². The van der Waals surface area contributed by atoms with E-state index >= 15 is 0 Å². The SMILES string of the molecule is Nc1cn[nH]c1C(=O)N1CC2CCC1C2. The molecule has 3 rings (SSSR count). The van der Waals surface area contributed by atoms with Crippen molar-refractivity contribution in [1.29, 1.82) is 0 Å². The predicted octanol–water partition coefficient (Wildman–Crippen LogP) is 0.616. The molecular weight excluding hydrogens is 192 g/mol. The quantitative estimate of drug-likeness (QED) is 0.707. The van der Waals surface area contributed by atoms with Gasteiger partial charge < -0.3 is 10.6 Å². The molecular formula is C10H14N4O. The Bertz CT molecular complexity index is 400. The molecule has 2 atom stereocenters. The van der Waals surface area contributed by atoms with Gasteiger partial charge in [-0.3, -0.25) is 9.89 Å². The van der Waals surface area contributed by atoms with E-state index in [1.54, 1.807) is 0 Å². The Morgan fingerprint density at radius 3 is 3.00 bits per heavy atom. The molecule has 1 saturated carbocycles. The van der Waals surface area contributed by atoms with E-state index in [-0.39, 0.29) is 5.91 Å². The summed E-state index contributed by atoms with van der Waals surface area (Å²) >= 11 is 0. The summed E-state index contributed by atoms with van der Waals surface area (Å²) in [4.78, 5) is 14.0. The van der Waals surface area contributed by atoms with E-state index in [1.807, 2.05) is 4.90 Å². The molecule has 1 aromatic heterocycles. The zero-order valence-electron chi connectivity index (χ0n) is 8.44. The summed E-state index contributed by atoms with van der Waals surface area (Å²) in [5.41, 5.74) is 6.56. The van der Waals surface area contributed by atoms with Crippen molar-refractivity contribution >= 4 is 11.6 Å². The van der Waals surface area contributed by atoms with Gasteiger partial charge in [-0.15, -0.1) is 0 Å². The molecule has 0 aromatic carbocycles. The molecule has 2 fully saturated rings. The minimum absolute atomic E-state index is 0.0113. The van der Waals surface area contributed by atoms with Crippen LogP contribution in [0.3, 0.4) is 0 Å². The van der Waals surface area contributed by atoms with Crippen LogP contribution in [0.15, 0.2) is 6.20 Å². The molecule has 15 heavy (non-hydrogen) atoms. The number of anilines is 1. The molecule has 3 N–H and O–H groups in total. The van der Waals surface area contributed by atoms with Crippen LogP contribution >= 0.6 is 0 Å². The molecule has 5 heteroatoms. The van der Waals surface area contributed by atoms with Crippen LogP contribution < -0.4 is 5.73 Å². The monoisotopic (exact) mass is 206 g/mol. The van der Waals surface area contributed by atoms with Gasteiger partial charge in [0.05, 0.1) is 11.9 Å². The Labute approximate surface area is 87.6 Å². The van der Waals surface area contributed by atoms with E-state index in [0.29, 0.717) is 23.3 Å². The number of piperidine rings is 1. The average molecular weight is 206 g/mol. The molecule has 0 spiro atoms. The number of rotatable bonds is 1. The largest absolute Gasteiger partial charge is 0.396 e. The van der Waals surface area contributed by atoms with E-state index in [0.717, 1.165) is 13.0 Å². The van der Waals surface area contributed by atoms with Crippen molar-refractivity contribution in [2.24, 2.45) is 5.92 Å². The number of nitrogen functional groups attached to an aromatic ring is 1. The summed E-state index contributed by atoms with van der Waals surface area (Å²) in [5, 5.41) is 6.45. The van der Waals surface area contributed by atoms with Gasteiger partial charge in [0.25, 0.3) is 5.91 Å². The molecule has 1 aromatic rings. The number of nitrogens with two attached hydrogens (primary N) is 1. The van der Waals surface area contributed by atoms with Crippen LogP contribution in [0.1, 0.15) is 29.8 Å². The first-order chi connectivity index (χ1) is 7.25. The number of aromatic amines is 1. The van der Waals surface area contributed by atoms with Gasteiger partial charge in [-0.25, -0.2) is 0 Å². The summed E-state index contributed by atoms with van der Waals surface area (Å²) < 4.78 is 0. The smallest absolute Gasteiger partial charge is 0.274 e. The second-order valence-electron chi connectivity index (χ2n) is 4.49. The van der Waals surface area contributed by atoms with Crippen LogP contribution in [0, 0.1) is 5.92 Å². The zero-order valence-corrected chi connectivity index (χ0v) is 8.44. The van der Waals surface area contributed by atoms with Crippen molar-refractivity contribution in [3.63, 3.8) is 0 Å². The first-order valence-corrected chi connectivity index (χ1v) is 5.35. The van der Waals surface area contributed by atoms with Gasteiger partial charge in [-0.1, -0.05) is 0 Å². The van der Waals surface area contributed by atoms with Crippen LogP contribution in [-0.2, 0) is 0 Å². The molecule has 2 heterocycles. The van der Waals surface area contributed by atoms with Gasteiger partial charge in [0, 0.05) is 12.6 Å². The summed E-state index contributed by atoms with van der Waals surface area (Å²) in [6, 6.07) is 0.435. The second kappa shape index (κ2) is 2.98. The molecule has 1 amide bonds. The number of carbonyl (C=O) groups excluding carboxylic acids is 1. The van der Waals surface area contributed by atoms with E-state index < -0.39 is 0 Å². The fraction of sp³-hybridized carbons (Fsp3) is 0.600. The van der Waals surface area contributed by atoms with E-state index in [9.17, 15) is 4.79 Å². The summed E-state index contributed by atoms with van der Waals surface area (Å²) in [6.07, 6.45) is 5.07. The van der Waals surface area contributed by atoms with Crippen molar-refractivity contribution in [3.05, 3.63) is 11.9 Å². The van der Waals surface area contributed by atoms with Crippen molar-refractivity contribution in [2.45, 2.75) is 25.3 Å². The third kappa shape index (κ3) is 1.22. The molecule has 5 nitrogen and oxygen atoms in total. The minimum Gasteiger partial charge on any atom is -0.396 e. The molecule has 2 aliphatic rings. The number of hydrogen-bond donors (Lipinski definition) is 2. The Balaban J connectivity index is 1.84. The fourth-order valence-corrected chi connectivity index (χ4v) is 2.78. The van der Waals surface area contributed by atoms with Gasteiger partial charge in [-0.2, -0.15) is 5.10 Å². The maximum atomic E-state index is 12.1.